The van der Waals surface area contributed by atoms with Gasteiger partial charge in [-0.1, -0.05) is 30.3 Å². The SMILES string of the molecule is CC(C)NC(=O)[C@@H]1C[C@@H](NC2CCN(C)CC2)CN1Cc1ccccc1. The molecule has 2 atom stereocenters. The van der Waals surface area contributed by atoms with Crippen molar-refractivity contribution in [2.24, 2.45) is 0 Å². The lowest BCUT2D eigenvalue weighted by Gasteiger charge is -2.31. The van der Waals surface area contributed by atoms with Crippen molar-refractivity contribution in [3.05, 3.63) is 35.9 Å². The molecule has 0 bridgehead atoms. The average molecular weight is 359 g/mol. The molecule has 1 aromatic carbocycles. The van der Waals surface area contributed by atoms with E-state index in [0.717, 1.165) is 32.6 Å². The minimum Gasteiger partial charge on any atom is -0.353 e. The zero-order valence-electron chi connectivity index (χ0n) is 16.4. The van der Waals surface area contributed by atoms with Crippen LogP contribution < -0.4 is 10.6 Å². The Morgan fingerprint density at radius 1 is 1.15 bits per heavy atom. The molecule has 3 rings (SSSR count). The van der Waals surface area contributed by atoms with Crippen LogP contribution in [0.4, 0.5) is 0 Å². The van der Waals surface area contributed by atoms with Gasteiger partial charge >= 0.3 is 0 Å². The van der Waals surface area contributed by atoms with Gasteiger partial charge in [0.1, 0.15) is 0 Å². The summed E-state index contributed by atoms with van der Waals surface area (Å²) in [6, 6.07) is 11.6. The molecule has 0 unspecified atom stereocenters. The van der Waals surface area contributed by atoms with Crippen molar-refractivity contribution in [3.63, 3.8) is 0 Å². The van der Waals surface area contributed by atoms with Crippen LogP contribution in [0.15, 0.2) is 30.3 Å². The molecule has 0 aromatic heterocycles. The molecule has 0 radical (unpaired) electrons. The van der Waals surface area contributed by atoms with E-state index < -0.39 is 0 Å². The predicted molar refractivity (Wildman–Crippen MR) is 106 cm³/mol. The Labute approximate surface area is 158 Å². The van der Waals surface area contributed by atoms with Crippen molar-refractivity contribution in [2.75, 3.05) is 26.7 Å². The van der Waals surface area contributed by atoms with Gasteiger partial charge in [0, 0.05) is 31.2 Å². The molecule has 5 nitrogen and oxygen atoms in total. The van der Waals surface area contributed by atoms with E-state index in [1.54, 1.807) is 0 Å². The molecule has 26 heavy (non-hydrogen) atoms. The van der Waals surface area contributed by atoms with Gasteiger partial charge in [-0.25, -0.2) is 0 Å². The number of carbonyl (C=O) groups is 1. The Hall–Kier alpha value is -1.43. The molecule has 0 aliphatic carbocycles. The van der Waals surface area contributed by atoms with Gasteiger partial charge in [0.25, 0.3) is 0 Å². The first-order chi connectivity index (χ1) is 12.5. The second-order valence-electron chi connectivity index (χ2n) is 8.27. The van der Waals surface area contributed by atoms with Gasteiger partial charge < -0.3 is 15.5 Å². The van der Waals surface area contributed by atoms with Gasteiger partial charge in [-0.05, 0) is 58.8 Å². The minimum absolute atomic E-state index is 0.0404. The van der Waals surface area contributed by atoms with Gasteiger partial charge in [-0.2, -0.15) is 0 Å². The Morgan fingerprint density at radius 2 is 1.85 bits per heavy atom. The monoisotopic (exact) mass is 358 g/mol. The van der Waals surface area contributed by atoms with E-state index in [-0.39, 0.29) is 18.0 Å². The molecule has 2 heterocycles. The van der Waals surface area contributed by atoms with Crippen molar-refractivity contribution in [1.82, 2.24) is 20.4 Å². The fourth-order valence-corrected chi connectivity index (χ4v) is 4.18. The maximum Gasteiger partial charge on any atom is 0.237 e. The molecule has 1 aromatic rings. The molecule has 144 valence electrons. The van der Waals surface area contributed by atoms with Crippen LogP contribution in [0.3, 0.4) is 0 Å². The predicted octanol–water partition coefficient (Wildman–Crippen LogP) is 1.84. The molecular formula is C21H34N4O. The topological polar surface area (TPSA) is 47.6 Å². The first-order valence-electron chi connectivity index (χ1n) is 10.0. The molecule has 2 fully saturated rings. The third-order valence-corrected chi connectivity index (χ3v) is 5.56. The highest BCUT2D eigenvalue weighted by Crippen LogP contribution is 2.23. The Kier molecular flexibility index (Phi) is 6.68. The number of rotatable bonds is 6. The molecular weight excluding hydrogens is 324 g/mol. The number of benzene rings is 1. The van der Waals surface area contributed by atoms with E-state index in [1.165, 1.54) is 18.4 Å². The fraction of sp³-hybridized carbons (Fsp3) is 0.667. The summed E-state index contributed by atoms with van der Waals surface area (Å²) in [6.45, 7) is 8.16. The summed E-state index contributed by atoms with van der Waals surface area (Å²) in [5, 5.41) is 6.96. The van der Waals surface area contributed by atoms with E-state index >= 15 is 0 Å². The van der Waals surface area contributed by atoms with Crippen LogP contribution in [-0.4, -0.2) is 66.6 Å². The van der Waals surface area contributed by atoms with Crippen molar-refractivity contribution >= 4 is 5.91 Å². The molecule has 2 saturated heterocycles. The Balaban J connectivity index is 1.63. The maximum absolute atomic E-state index is 12.7. The number of piperidine rings is 1. The number of nitrogens with one attached hydrogen (secondary N) is 2. The Bertz CT molecular complexity index is 569. The number of amides is 1. The largest absolute Gasteiger partial charge is 0.353 e. The van der Waals surface area contributed by atoms with Crippen LogP contribution in [0, 0.1) is 0 Å². The van der Waals surface area contributed by atoms with E-state index in [9.17, 15) is 4.79 Å². The van der Waals surface area contributed by atoms with Crippen LogP contribution in [0.25, 0.3) is 0 Å². The van der Waals surface area contributed by atoms with Gasteiger partial charge in [0.15, 0.2) is 0 Å². The highest BCUT2D eigenvalue weighted by atomic mass is 16.2. The summed E-state index contributed by atoms with van der Waals surface area (Å²) in [4.78, 5) is 17.5. The minimum atomic E-state index is -0.0404. The summed E-state index contributed by atoms with van der Waals surface area (Å²) in [6.07, 6.45) is 3.31. The lowest BCUT2D eigenvalue weighted by molar-refractivity contribution is -0.126. The second-order valence-corrected chi connectivity index (χ2v) is 8.27. The van der Waals surface area contributed by atoms with Crippen LogP contribution >= 0.6 is 0 Å². The molecule has 2 N–H and O–H groups in total. The number of likely N-dealkylation sites (tertiary alicyclic amines) is 2. The van der Waals surface area contributed by atoms with Gasteiger partial charge in [-0.3, -0.25) is 9.69 Å². The van der Waals surface area contributed by atoms with E-state index in [2.05, 4.69) is 51.7 Å². The molecule has 0 saturated carbocycles. The normalized spacial score (nSPS) is 25.7. The van der Waals surface area contributed by atoms with E-state index in [4.69, 9.17) is 0 Å². The van der Waals surface area contributed by atoms with E-state index in [1.807, 2.05) is 19.9 Å². The highest BCUT2D eigenvalue weighted by Gasteiger charge is 2.37. The lowest BCUT2D eigenvalue weighted by Crippen LogP contribution is -2.46. The van der Waals surface area contributed by atoms with Crippen LogP contribution in [0.2, 0.25) is 0 Å². The standard InChI is InChI=1S/C21H34N4O/c1-16(2)22-21(26)20-13-19(23-18-9-11-24(3)12-10-18)15-25(20)14-17-7-5-4-6-8-17/h4-8,16,18-20,23H,9-15H2,1-3H3,(H,22,26)/t19-,20+/m1/s1. The Morgan fingerprint density at radius 3 is 2.50 bits per heavy atom. The van der Waals surface area contributed by atoms with Gasteiger partial charge in [-0.15, -0.1) is 0 Å². The third kappa shape index (κ3) is 5.29. The first-order valence-corrected chi connectivity index (χ1v) is 10.0. The summed E-state index contributed by atoms with van der Waals surface area (Å²) in [7, 11) is 2.19. The van der Waals surface area contributed by atoms with Crippen LogP contribution in [0.5, 0.6) is 0 Å². The quantitative estimate of drug-likeness (QED) is 0.815. The smallest absolute Gasteiger partial charge is 0.237 e. The van der Waals surface area contributed by atoms with Crippen molar-refractivity contribution < 1.29 is 4.79 Å². The molecule has 1 amide bonds. The summed E-state index contributed by atoms with van der Waals surface area (Å²) in [5.74, 6) is 0.170. The lowest BCUT2D eigenvalue weighted by atomic mass is 10.0. The summed E-state index contributed by atoms with van der Waals surface area (Å²) < 4.78 is 0. The number of carbonyl (C=O) groups excluding carboxylic acids is 1. The molecule has 0 spiro atoms. The van der Waals surface area contributed by atoms with Gasteiger partial charge in [0.2, 0.25) is 5.91 Å². The fourth-order valence-electron chi connectivity index (χ4n) is 4.18. The van der Waals surface area contributed by atoms with E-state index in [0.29, 0.717) is 12.1 Å². The first kappa shape index (κ1) is 19.3. The summed E-state index contributed by atoms with van der Waals surface area (Å²) in [5.41, 5.74) is 1.27. The summed E-state index contributed by atoms with van der Waals surface area (Å²) >= 11 is 0. The number of nitrogens with zero attached hydrogens (tertiary/aromatic N) is 2. The van der Waals surface area contributed by atoms with Gasteiger partial charge in [0.05, 0.1) is 6.04 Å². The van der Waals surface area contributed by atoms with Crippen molar-refractivity contribution in [3.8, 4) is 0 Å². The maximum atomic E-state index is 12.7. The van der Waals surface area contributed by atoms with Crippen molar-refractivity contribution in [2.45, 2.75) is 63.8 Å². The number of hydrogen-bond donors (Lipinski definition) is 2. The second kappa shape index (κ2) is 8.98. The third-order valence-electron chi connectivity index (χ3n) is 5.56. The van der Waals surface area contributed by atoms with Crippen LogP contribution in [-0.2, 0) is 11.3 Å². The van der Waals surface area contributed by atoms with Crippen molar-refractivity contribution in [1.29, 1.82) is 0 Å². The highest BCUT2D eigenvalue weighted by molar-refractivity contribution is 5.82. The average Bonchev–Trinajstić information content (AvgIpc) is 3.00. The zero-order valence-corrected chi connectivity index (χ0v) is 16.4. The molecule has 5 heteroatoms. The molecule has 2 aliphatic heterocycles. The van der Waals surface area contributed by atoms with Crippen LogP contribution in [0.1, 0.15) is 38.7 Å². The zero-order chi connectivity index (χ0) is 18.5. The molecule has 2 aliphatic rings. The number of hydrogen-bond acceptors (Lipinski definition) is 4.